The monoisotopic (exact) mass is 256 g/mol. The summed E-state index contributed by atoms with van der Waals surface area (Å²) in [6.07, 6.45) is 2.71. The Morgan fingerprint density at radius 1 is 1.29 bits per heavy atom. The van der Waals surface area contributed by atoms with Crippen molar-refractivity contribution in [3.63, 3.8) is 0 Å². The Labute approximate surface area is 111 Å². The van der Waals surface area contributed by atoms with Crippen LogP contribution in [0.15, 0.2) is 0 Å². The second-order valence-corrected chi connectivity index (χ2v) is 8.74. The lowest BCUT2D eigenvalue weighted by molar-refractivity contribution is 0.123. The van der Waals surface area contributed by atoms with Crippen LogP contribution in [0.4, 0.5) is 0 Å². The summed E-state index contributed by atoms with van der Waals surface area (Å²) < 4.78 is 0.442. The van der Waals surface area contributed by atoms with Gasteiger partial charge in [-0.1, -0.05) is 13.8 Å². The van der Waals surface area contributed by atoms with Gasteiger partial charge in [-0.25, -0.2) is 0 Å². The van der Waals surface area contributed by atoms with Gasteiger partial charge in [-0.15, -0.1) is 0 Å². The highest BCUT2D eigenvalue weighted by Gasteiger charge is 2.35. The van der Waals surface area contributed by atoms with E-state index in [0.717, 1.165) is 0 Å². The molecule has 1 atom stereocenters. The Morgan fingerprint density at radius 3 is 2.71 bits per heavy atom. The SMILES string of the molecule is CC1(C)CN(CC2NCCCC2(C)C)CCS1. The van der Waals surface area contributed by atoms with Gasteiger partial charge in [-0.05, 0) is 38.6 Å². The molecule has 2 heterocycles. The fourth-order valence-corrected chi connectivity index (χ4v) is 4.29. The van der Waals surface area contributed by atoms with Crippen molar-refractivity contribution in [2.75, 3.05) is 31.9 Å². The molecule has 0 amide bonds. The number of rotatable bonds is 2. The molecule has 2 saturated heterocycles. The molecule has 0 spiro atoms. The van der Waals surface area contributed by atoms with Gasteiger partial charge in [0.05, 0.1) is 0 Å². The fourth-order valence-electron chi connectivity index (χ4n) is 3.11. The van der Waals surface area contributed by atoms with Crippen LogP contribution in [0, 0.1) is 5.41 Å². The highest BCUT2D eigenvalue weighted by atomic mass is 32.2. The highest BCUT2D eigenvalue weighted by molar-refractivity contribution is 8.00. The largest absolute Gasteiger partial charge is 0.312 e. The van der Waals surface area contributed by atoms with Crippen LogP contribution in [0.2, 0.25) is 0 Å². The minimum absolute atomic E-state index is 0.442. The quantitative estimate of drug-likeness (QED) is 0.817. The number of piperidine rings is 1. The maximum atomic E-state index is 3.74. The molecule has 0 bridgehead atoms. The molecule has 17 heavy (non-hydrogen) atoms. The molecule has 0 radical (unpaired) electrons. The van der Waals surface area contributed by atoms with E-state index in [-0.39, 0.29) is 0 Å². The van der Waals surface area contributed by atoms with Crippen LogP contribution in [0.1, 0.15) is 40.5 Å². The number of hydrogen-bond donors (Lipinski definition) is 1. The summed E-state index contributed by atoms with van der Waals surface area (Å²) >= 11 is 2.12. The smallest absolute Gasteiger partial charge is 0.0246 e. The topological polar surface area (TPSA) is 15.3 Å². The third-order valence-electron chi connectivity index (χ3n) is 4.28. The lowest BCUT2D eigenvalue weighted by atomic mass is 9.77. The molecule has 2 aliphatic heterocycles. The van der Waals surface area contributed by atoms with Gasteiger partial charge in [0.15, 0.2) is 0 Å². The first-order valence-electron chi connectivity index (χ1n) is 6.99. The molecule has 0 aromatic carbocycles. The molecule has 2 fully saturated rings. The maximum absolute atomic E-state index is 3.74. The first-order valence-corrected chi connectivity index (χ1v) is 7.97. The standard InChI is InChI=1S/C14H28N2S/c1-13(2)6-5-7-15-12(13)10-16-8-9-17-14(3,4)11-16/h12,15H,5-11H2,1-4H3. The summed E-state index contributed by atoms with van der Waals surface area (Å²) in [5.74, 6) is 1.29. The van der Waals surface area contributed by atoms with Crippen molar-refractivity contribution in [2.45, 2.75) is 51.3 Å². The van der Waals surface area contributed by atoms with Crippen molar-refractivity contribution in [1.29, 1.82) is 0 Å². The summed E-state index contributed by atoms with van der Waals surface area (Å²) in [4.78, 5) is 2.67. The zero-order chi connectivity index (χ0) is 12.5. The van der Waals surface area contributed by atoms with E-state index in [4.69, 9.17) is 0 Å². The second-order valence-electron chi connectivity index (χ2n) is 6.94. The van der Waals surface area contributed by atoms with Crippen molar-refractivity contribution in [3.05, 3.63) is 0 Å². The molecule has 1 N–H and O–H groups in total. The highest BCUT2D eigenvalue weighted by Crippen LogP contribution is 2.33. The zero-order valence-electron chi connectivity index (χ0n) is 11.9. The van der Waals surface area contributed by atoms with Gasteiger partial charge in [-0.2, -0.15) is 11.8 Å². The molecule has 2 nitrogen and oxygen atoms in total. The van der Waals surface area contributed by atoms with Gasteiger partial charge in [0.1, 0.15) is 0 Å². The van der Waals surface area contributed by atoms with E-state index in [9.17, 15) is 0 Å². The van der Waals surface area contributed by atoms with E-state index in [1.807, 2.05) is 0 Å². The van der Waals surface area contributed by atoms with Gasteiger partial charge < -0.3 is 5.32 Å². The Bertz CT molecular complexity index is 263. The second kappa shape index (κ2) is 5.10. The summed E-state index contributed by atoms with van der Waals surface area (Å²) in [6, 6.07) is 0.676. The molecule has 2 rings (SSSR count). The number of hydrogen-bond acceptors (Lipinski definition) is 3. The average Bonchev–Trinajstić information content (AvgIpc) is 2.20. The van der Waals surface area contributed by atoms with Crippen molar-refractivity contribution >= 4 is 11.8 Å². The Morgan fingerprint density at radius 2 is 2.06 bits per heavy atom. The zero-order valence-corrected chi connectivity index (χ0v) is 12.7. The number of thioether (sulfide) groups is 1. The van der Waals surface area contributed by atoms with Crippen LogP contribution in [-0.4, -0.2) is 47.6 Å². The summed E-state index contributed by atoms with van der Waals surface area (Å²) in [5.41, 5.74) is 0.465. The summed E-state index contributed by atoms with van der Waals surface area (Å²) in [5, 5.41) is 3.74. The molecule has 0 saturated carbocycles. The molecule has 0 aromatic heterocycles. The summed E-state index contributed by atoms with van der Waals surface area (Å²) in [7, 11) is 0. The van der Waals surface area contributed by atoms with E-state index in [2.05, 4.69) is 49.7 Å². The molecule has 3 heteroatoms. The Balaban J connectivity index is 1.91. The van der Waals surface area contributed by atoms with Gasteiger partial charge in [0.2, 0.25) is 0 Å². The Kier molecular flexibility index (Phi) is 4.11. The molecule has 0 aliphatic carbocycles. The van der Waals surface area contributed by atoms with E-state index >= 15 is 0 Å². The minimum atomic E-state index is 0.442. The van der Waals surface area contributed by atoms with Gasteiger partial charge in [0, 0.05) is 36.2 Å². The van der Waals surface area contributed by atoms with Crippen LogP contribution in [0.3, 0.4) is 0 Å². The summed E-state index contributed by atoms with van der Waals surface area (Å²) in [6.45, 7) is 14.6. The van der Waals surface area contributed by atoms with Crippen molar-refractivity contribution < 1.29 is 0 Å². The molecular formula is C14H28N2S. The lowest BCUT2D eigenvalue weighted by Gasteiger charge is -2.45. The molecule has 100 valence electrons. The van der Waals surface area contributed by atoms with Crippen molar-refractivity contribution in [2.24, 2.45) is 5.41 Å². The van der Waals surface area contributed by atoms with E-state index in [1.54, 1.807) is 0 Å². The normalized spacial score (nSPS) is 33.5. The van der Waals surface area contributed by atoms with Gasteiger partial charge >= 0.3 is 0 Å². The van der Waals surface area contributed by atoms with Crippen LogP contribution in [0.5, 0.6) is 0 Å². The van der Waals surface area contributed by atoms with Gasteiger partial charge in [-0.3, -0.25) is 4.90 Å². The van der Waals surface area contributed by atoms with Crippen LogP contribution < -0.4 is 5.32 Å². The first kappa shape index (κ1) is 13.7. The van der Waals surface area contributed by atoms with Crippen molar-refractivity contribution in [1.82, 2.24) is 10.2 Å². The third-order valence-corrected chi connectivity index (χ3v) is 5.57. The van der Waals surface area contributed by atoms with Crippen LogP contribution >= 0.6 is 11.8 Å². The molecule has 0 aromatic rings. The Hall–Kier alpha value is 0.270. The average molecular weight is 256 g/mol. The van der Waals surface area contributed by atoms with E-state index < -0.39 is 0 Å². The van der Waals surface area contributed by atoms with E-state index in [0.29, 0.717) is 16.2 Å². The molecular weight excluding hydrogens is 228 g/mol. The number of nitrogens with zero attached hydrogens (tertiary/aromatic N) is 1. The molecule has 1 unspecified atom stereocenters. The fraction of sp³-hybridized carbons (Fsp3) is 1.00. The van der Waals surface area contributed by atoms with E-state index in [1.165, 1.54) is 44.8 Å². The van der Waals surface area contributed by atoms with Crippen LogP contribution in [-0.2, 0) is 0 Å². The first-order chi connectivity index (χ1) is 7.89. The van der Waals surface area contributed by atoms with Crippen LogP contribution in [0.25, 0.3) is 0 Å². The molecule has 2 aliphatic rings. The number of nitrogens with one attached hydrogen (secondary N) is 1. The lowest BCUT2D eigenvalue weighted by Crippen LogP contribution is -2.55. The van der Waals surface area contributed by atoms with Crippen molar-refractivity contribution in [3.8, 4) is 0 Å². The predicted octanol–water partition coefficient (Wildman–Crippen LogP) is 2.59. The minimum Gasteiger partial charge on any atom is -0.312 e. The third kappa shape index (κ3) is 3.62. The predicted molar refractivity (Wildman–Crippen MR) is 77.8 cm³/mol. The maximum Gasteiger partial charge on any atom is 0.0246 e. The van der Waals surface area contributed by atoms with Gasteiger partial charge in [0.25, 0.3) is 0 Å².